The zero-order chi connectivity index (χ0) is 16.4. The van der Waals surface area contributed by atoms with Crippen LogP contribution in [0.3, 0.4) is 0 Å². The number of aromatic nitrogens is 2. The van der Waals surface area contributed by atoms with Crippen molar-refractivity contribution in [1.29, 1.82) is 0 Å². The number of ether oxygens (including phenoxy) is 1. The summed E-state index contributed by atoms with van der Waals surface area (Å²) in [7, 11) is 0. The summed E-state index contributed by atoms with van der Waals surface area (Å²) in [6.45, 7) is 0.637. The van der Waals surface area contributed by atoms with Gasteiger partial charge in [-0.05, 0) is 43.0 Å². The van der Waals surface area contributed by atoms with Gasteiger partial charge in [0.1, 0.15) is 0 Å². The smallest absolute Gasteiger partial charge is 0.251 e. The number of benzene rings is 1. The van der Waals surface area contributed by atoms with Gasteiger partial charge in [0.15, 0.2) is 0 Å². The van der Waals surface area contributed by atoms with E-state index >= 15 is 0 Å². The number of hydrogen-bond acceptors (Lipinski definition) is 3. The first kappa shape index (κ1) is 15.4. The number of hydrogen-bond donors (Lipinski definition) is 2. The van der Waals surface area contributed by atoms with E-state index in [2.05, 4.69) is 15.5 Å². The van der Waals surface area contributed by atoms with Gasteiger partial charge in [0.25, 0.3) is 5.91 Å². The SMILES string of the molecule is O=C(NC1COC2(CCCCC2)C1)c1ccc(-c2ccn[nH]2)cc1. The van der Waals surface area contributed by atoms with Gasteiger partial charge < -0.3 is 10.1 Å². The number of carbonyl (C=O) groups is 1. The molecule has 1 saturated carbocycles. The van der Waals surface area contributed by atoms with Crippen LogP contribution in [0.15, 0.2) is 36.5 Å². The van der Waals surface area contributed by atoms with E-state index in [9.17, 15) is 4.79 Å². The van der Waals surface area contributed by atoms with Crippen LogP contribution in [0, 0.1) is 0 Å². The lowest BCUT2D eigenvalue weighted by Gasteiger charge is -2.32. The molecule has 126 valence electrons. The van der Waals surface area contributed by atoms with E-state index in [4.69, 9.17) is 4.74 Å². The van der Waals surface area contributed by atoms with Gasteiger partial charge in [0.05, 0.1) is 23.9 Å². The molecule has 2 fully saturated rings. The average Bonchev–Trinajstić information content (AvgIpc) is 3.27. The Bertz CT molecular complexity index is 688. The third-order valence-electron chi connectivity index (χ3n) is 5.27. The number of aromatic amines is 1. The van der Waals surface area contributed by atoms with Gasteiger partial charge in [-0.3, -0.25) is 9.89 Å². The van der Waals surface area contributed by atoms with Crippen LogP contribution in [0.2, 0.25) is 0 Å². The van der Waals surface area contributed by atoms with E-state index in [-0.39, 0.29) is 17.6 Å². The van der Waals surface area contributed by atoms with Gasteiger partial charge in [0, 0.05) is 11.8 Å². The summed E-state index contributed by atoms with van der Waals surface area (Å²) >= 11 is 0. The molecule has 4 rings (SSSR count). The van der Waals surface area contributed by atoms with Crippen molar-refractivity contribution in [2.45, 2.75) is 50.2 Å². The molecule has 2 aromatic rings. The van der Waals surface area contributed by atoms with Crippen LogP contribution in [0.4, 0.5) is 0 Å². The highest BCUT2D eigenvalue weighted by atomic mass is 16.5. The first-order chi connectivity index (χ1) is 11.7. The summed E-state index contributed by atoms with van der Waals surface area (Å²) in [5, 5.41) is 10.0. The van der Waals surface area contributed by atoms with E-state index in [1.54, 1.807) is 6.20 Å². The Kier molecular flexibility index (Phi) is 4.10. The van der Waals surface area contributed by atoms with Crippen molar-refractivity contribution in [2.75, 3.05) is 6.61 Å². The van der Waals surface area contributed by atoms with Crippen LogP contribution < -0.4 is 5.32 Å². The second-order valence-corrected chi connectivity index (χ2v) is 6.98. The van der Waals surface area contributed by atoms with Crippen molar-refractivity contribution in [3.8, 4) is 11.3 Å². The van der Waals surface area contributed by atoms with Crippen LogP contribution in [-0.2, 0) is 4.74 Å². The highest BCUT2D eigenvalue weighted by Crippen LogP contribution is 2.39. The Morgan fingerprint density at radius 1 is 1.17 bits per heavy atom. The molecular formula is C19H23N3O2. The normalized spacial score (nSPS) is 22.6. The Labute approximate surface area is 141 Å². The van der Waals surface area contributed by atoms with E-state index < -0.39 is 0 Å². The minimum absolute atomic E-state index is 0.0207. The molecule has 1 saturated heterocycles. The molecule has 1 aromatic carbocycles. The topological polar surface area (TPSA) is 67.0 Å². The molecule has 1 atom stereocenters. The monoisotopic (exact) mass is 325 g/mol. The zero-order valence-corrected chi connectivity index (χ0v) is 13.8. The van der Waals surface area contributed by atoms with Gasteiger partial charge >= 0.3 is 0 Å². The van der Waals surface area contributed by atoms with Crippen LogP contribution in [-0.4, -0.2) is 34.4 Å². The van der Waals surface area contributed by atoms with E-state index in [0.717, 1.165) is 30.5 Å². The fraction of sp³-hybridized carbons (Fsp3) is 0.474. The lowest BCUT2D eigenvalue weighted by molar-refractivity contribution is -0.0246. The Morgan fingerprint density at radius 2 is 1.96 bits per heavy atom. The molecule has 1 aliphatic carbocycles. The second kappa shape index (κ2) is 6.40. The molecule has 5 nitrogen and oxygen atoms in total. The second-order valence-electron chi connectivity index (χ2n) is 6.98. The van der Waals surface area contributed by atoms with E-state index in [1.807, 2.05) is 30.3 Å². The molecule has 2 aliphatic rings. The van der Waals surface area contributed by atoms with Gasteiger partial charge in [-0.1, -0.05) is 31.4 Å². The van der Waals surface area contributed by atoms with Gasteiger partial charge in [0.2, 0.25) is 0 Å². The molecule has 2 heterocycles. The number of carbonyl (C=O) groups excluding carboxylic acids is 1. The highest BCUT2D eigenvalue weighted by molar-refractivity contribution is 5.94. The van der Waals surface area contributed by atoms with Crippen molar-refractivity contribution in [3.05, 3.63) is 42.1 Å². The predicted molar refractivity (Wildman–Crippen MR) is 91.7 cm³/mol. The predicted octanol–water partition coefficient (Wildman–Crippen LogP) is 3.30. The zero-order valence-electron chi connectivity index (χ0n) is 13.8. The van der Waals surface area contributed by atoms with Gasteiger partial charge in [-0.15, -0.1) is 0 Å². The summed E-state index contributed by atoms with van der Waals surface area (Å²) in [5.41, 5.74) is 2.68. The average molecular weight is 325 g/mol. The molecule has 2 N–H and O–H groups in total. The lowest BCUT2D eigenvalue weighted by Crippen LogP contribution is -2.37. The minimum atomic E-state index is -0.0207. The summed E-state index contributed by atoms with van der Waals surface area (Å²) < 4.78 is 6.07. The van der Waals surface area contributed by atoms with E-state index in [0.29, 0.717) is 12.2 Å². The van der Waals surface area contributed by atoms with Crippen molar-refractivity contribution >= 4 is 5.91 Å². The van der Waals surface area contributed by atoms with Gasteiger partial charge in [-0.25, -0.2) is 0 Å². The fourth-order valence-electron chi connectivity index (χ4n) is 3.97. The first-order valence-corrected chi connectivity index (χ1v) is 8.79. The van der Waals surface area contributed by atoms with Crippen molar-refractivity contribution in [3.63, 3.8) is 0 Å². The number of rotatable bonds is 3. The number of nitrogens with zero attached hydrogens (tertiary/aromatic N) is 1. The summed E-state index contributed by atoms with van der Waals surface area (Å²) in [4.78, 5) is 12.5. The standard InChI is InChI=1S/C19H23N3O2/c23-18(15-6-4-14(5-7-15)17-8-11-20-22-17)21-16-12-19(24-13-16)9-2-1-3-10-19/h4-8,11,16H,1-3,9-10,12-13H2,(H,20,22)(H,21,23). The molecular weight excluding hydrogens is 302 g/mol. The molecule has 1 aromatic heterocycles. The molecule has 0 radical (unpaired) electrons. The molecule has 1 unspecified atom stereocenters. The quantitative estimate of drug-likeness (QED) is 0.910. The third kappa shape index (κ3) is 3.08. The van der Waals surface area contributed by atoms with Crippen molar-refractivity contribution in [2.24, 2.45) is 0 Å². The minimum Gasteiger partial charge on any atom is -0.373 e. The molecule has 0 bridgehead atoms. The maximum atomic E-state index is 12.5. The maximum absolute atomic E-state index is 12.5. The van der Waals surface area contributed by atoms with Crippen molar-refractivity contribution in [1.82, 2.24) is 15.5 Å². The lowest BCUT2D eigenvalue weighted by atomic mass is 9.82. The van der Waals surface area contributed by atoms with Crippen LogP contribution in [0.25, 0.3) is 11.3 Å². The van der Waals surface area contributed by atoms with E-state index in [1.165, 1.54) is 19.3 Å². The molecule has 5 heteroatoms. The fourth-order valence-corrected chi connectivity index (χ4v) is 3.97. The summed E-state index contributed by atoms with van der Waals surface area (Å²) in [5.74, 6) is -0.0207. The highest BCUT2D eigenvalue weighted by Gasteiger charge is 2.41. The van der Waals surface area contributed by atoms with Crippen LogP contribution in [0.1, 0.15) is 48.9 Å². The first-order valence-electron chi connectivity index (χ1n) is 8.79. The van der Waals surface area contributed by atoms with Gasteiger partial charge in [-0.2, -0.15) is 5.10 Å². The molecule has 1 amide bonds. The maximum Gasteiger partial charge on any atom is 0.251 e. The van der Waals surface area contributed by atoms with Crippen molar-refractivity contribution < 1.29 is 9.53 Å². The number of nitrogens with one attached hydrogen (secondary N) is 2. The summed E-state index contributed by atoms with van der Waals surface area (Å²) in [6.07, 6.45) is 8.74. The Morgan fingerprint density at radius 3 is 2.67 bits per heavy atom. The number of amides is 1. The molecule has 1 aliphatic heterocycles. The largest absolute Gasteiger partial charge is 0.373 e. The number of H-pyrrole nitrogens is 1. The Balaban J connectivity index is 1.38. The third-order valence-corrected chi connectivity index (χ3v) is 5.27. The Hall–Kier alpha value is -2.14. The van der Waals surface area contributed by atoms with Crippen LogP contribution in [0.5, 0.6) is 0 Å². The summed E-state index contributed by atoms with van der Waals surface area (Å²) in [6, 6.07) is 9.64. The van der Waals surface area contributed by atoms with Crippen LogP contribution >= 0.6 is 0 Å². The molecule has 24 heavy (non-hydrogen) atoms. The molecule has 1 spiro atoms.